The number of anilines is 1. The van der Waals surface area contributed by atoms with Gasteiger partial charge in [-0.25, -0.2) is 5.84 Å². The fourth-order valence-corrected chi connectivity index (χ4v) is 2.14. The minimum absolute atomic E-state index is 0.181. The van der Waals surface area contributed by atoms with Gasteiger partial charge in [-0.05, 0) is 23.3 Å². The first-order chi connectivity index (χ1) is 9.70. The van der Waals surface area contributed by atoms with Gasteiger partial charge in [0.15, 0.2) is 0 Å². The maximum absolute atomic E-state index is 11.4. The van der Waals surface area contributed by atoms with Crippen molar-refractivity contribution in [2.24, 2.45) is 5.84 Å². The number of rotatable bonds is 5. The number of para-hydroxylation sites is 1. The summed E-state index contributed by atoms with van der Waals surface area (Å²) in [7, 11) is 2.04. The first-order valence-corrected chi connectivity index (χ1v) is 6.53. The van der Waals surface area contributed by atoms with Crippen molar-refractivity contribution in [3.05, 3.63) is 65.7 Å². The van der Waals surface area contributed by atoms with Crippen LogP contribution in [0.15, 0.2) is 54.6 Å². The molecule has 4 nitrogen and oxygen atoms in total. The van der Waals surface area contributed by atoms with Crippen molar-refractivity contribution in [1.82, 2.24) is 5.43 Å². The first kappa shape index (κ1) is 14.1. The summed E-state index contributed by atoms with van der Waals surface area (Å²) < 4.78 is 0. The smallest absolute Gasteiger partial charge is 0.238 e. The van der Waals surface area contributed by atoms with Crippen molar-refractivity contribution in [2.75, 3.05) is 11.9 Å². The molecular formula is C16H19N3O. The van der Waals surface area contributed by atoms with Crippen molar-refractivity contribution >= 4 is 11.6 Å². The average Bonchev–Trinajstić information content (AvgIpc) is 2.50. The zero-order valence-electron chi connectivity index (χ0n) is 11.5. The van der Waals surface area contributed by atoms with Gasteiger partial charge in [-0.15, -0.1) is 0 Å². The summed E-state index contributed by atoms with van der Waals surface area (Å²) in [6, 6.07) is 18.1. The zero-order chi connectivity index (χ0) is 14.4. The highest BCUT2D eigenvalue weighted by Gasteiger charge is 2.09. The Bertz CT molecular complexity index is 569. The average molecular weight is 269 g/mol. The van der Waals surface area contributed by atoms with Gasteiger partial charge in [-0.2, -0.15) is 0 Å². The molecule has 0 bridgehead atoms. The van der Waals surface area contributed by atoms with E-state index in [9.17, 15) is 4.79 Å². The summed E-state index contributed by atoms with van der Waals surface area (Å²) >= 11 is 0. The van der Waals surface area contributed by atoms with Crippen LogP contribution in [-0.2, 0) is 17.8 Å². The Hall–Kier alpha value is -2.33. The van der Waals surface area contributed by atoms with E-state index in [2.05, 4.69) is 22.5 Å². The highest BCUT2D eigenvalue weighted by atomic mass is 16.2. The van der Waals surface area contributed by atoms with E-state index >= 15 is 0 Å². The van der Waals surface area contributed by atoms with Gasteiger partial charge in [0.25, 0.3) is 0 Å². The summed E-state index contributed by atoms with van der Waals surface area (Å²) in [5.74, 6) is 4.97. The molecule has 2 aromatic carbocycles. The number of carbonyl (C=O) groups is 1. The minimum Gasteiger partial charge on any atom is -0.370 e. The van der Waals surface area contributed by atoms with Crippen LogP contribution in [-0.4, -0.2) is 13.0 Å². The van der Waals surface area contributed by atoms with Crippen LogP contribution in [0.3, 0.4) is 0 Å². The van der Waals surface area contributed by atoms with Crippen LogP contribution in [0.1, 0.15) is 11.1 Å². The van der Waals surface area contributed by atoms with E-state index in [4.69, 9.17) is 5.84 Å². The molecule has 1 amide bonds. The van der Waals surface area contributed by atoms with Gasteiger partial charge in [0.2, 0.25) is 5.91 Å². The number of benzene rings is 2. The van der Waals surface area contributed by atoms with Gasteiger partial charge < -0.3 is 4.90 Å². The molecule has 2 rings (SSSR count). The van der Waals surface area contributed by atoms with Gasteiger partial charge in [-0.1, -0.05) is 42.5 Å². The van der Waals surface area contributed by atoms with Crippen molar-refractivity contribution in [3.63, 3.8) is 0 Å². The Labute approximate surface area is 119 Å². The first-order valence-electron chi connectivity index (χ1n) is 6.53. The Morgan fingerprint density at radius 1 is 1.05 bits per heavy atom. The normalized spacial score (nSPS) is 10.1. The van der Waals surface area contributed by atoms with Gasteiger partial charge in [-0.3, -0.25) is 10.2 Å². The van der Waals surface area contributed by atoms with Crippen molar-refractivity contribution in [2.45, 2.75) is 13.0 Å². The lowest BCUT2D eigenvalue weighted by atomic mass is 10.0. The van der Waals surface area contributed by atoms with E-state index in [-0.39, 0.29) is 5.91 Å². The molecule has 0 saturated carbocycles. The molecule has 0 fully saturated rings. The molecule has 0 spiro atoms. The Balaban J connectivity index is 2.15. The Morgan fingerprint density at radius 2 is 1.65 bits per heavy atom. The summed E-state index contributed by atoms with van der Waals surface area (Å²) in [4.78, 5) is 13.6. The number of hydrazine groups is 1. The predicted molar refractivity (Wildman–Crippen MR) is 81.0 cm³/mol. The largest absolute Gasteiger partial charge is 0.370 e. The molecule has 104 valence electrons. The molecule has 0 radical (unpaired) electrons. The molecule has 0 aliphatic heterocycles. The maximum Gasteiger partial charge on any atom is 0.238 e. The fourth-order valence-electron chi connectivity index (χ4n) is 2.14. The summed E-state index contributed by atoms with van der Waals surface area (Å²) in [5.41, 5.74) is 5.44. The second-order valence-electron chi connectivity index (χ2n) is 4.70. The zero-order valence-corrected chi connectivity index (χ0v) is 11.5. The molecular weight excluding hydrogens is 250 g/mol. The minimum atomic E-state index is -0.181. The quantitative estimate of drug-likeness (QED) is 0.495. The van der Waals surface area contributed by atoms with E-state index in [1.807, 2.05) is 49.5 Å². The third-order valence-corrected chi connectivity index (χ3v) is 3.23. The van der Waals surface area contributed by atoms with Crippen molar-refractivity contribution in [1.29, 1.82) is 0 Å². The number of nitrogens with zero attached hydrogens (tertiary/aromatic N) is 1. The van der Waals surface area contributed by atoms with Crippen LogP contribution in [0.5, 0.6) is 0 Å². The van der Waals surface area contributed by atoms with Gasteiger partial charge in [0, 0.05) is 19.3 Å². The molecule has 0 atom stereocenters. The number of nitrogens with two attached hydrogens (primary N) is 1. The van der Waals surface area contributed by atoms with Gasteiger partial charge in [0.05, 0.1) is 6.42 Å². The topological polar surface area (TPSA) is 58.4 Å². The summed E-state index contributed by atoms with van der Waals surface area (Å²) in [6.45, 7) is 0.748. The molecule has 0 unspecified atom stereocenters. The van der Waals surface area contributed by atoms with Crippen LogP contribution in [0.4, 0.5) is 5.69 Å². The summed E-state index contributed by atoms with van der Waals surface area (Å²) in [5, 5.41) is 0. The molecule has 2 aromatic rings. The Kier molecular flexibility index (Phi) is 4.74. The van der Waals surface area contributed by atoms with Crippen LogP contribution in [0.25, 0.3) is 0 Å². The standard InChI is InChI=1S/C16H19N3O/c1-19(15-9-3-2-4-10-15)12-14-8-6-5-7-13(14)11-16(20)18-17/h2-10H,11-12,17H2,1H3,(H,18,20). The Morgan fingerprint density at radius 3 is 2.30 bits per heavy atom. The van der Waals surface area contributed by atoms with E-state index in [0.717, 1.165) is 23.4 Å². The summed E-state index contributed by atoms with van der Waals surface area (Å²) in [6.07, 6.45) is 0.301. The highest BCUT2D eigenvalue weighted by molar-refractivity contribution is 5.78. The molecule has 0 saturated heterocycles. The monoisotopic (exact) mass is 269 g/mol. The third kappa shape index (κ3) is 3.59. The van der Waals surface area contributed by atoms with Gasteiger partial charge >= 0.3 is 0 Å². The van der Waals surface area contributed by atoms with E-state index in [0.29, 0.717) is 6.42 Å². The van der Waals surface area contributed by atoms with Crippen LogP contribution < -0.4 is 16.2 Å². The lowest BCUT2D eigenvalue weighted by Gasteiger charge is -2.21. The highest BCUT2D eigenvalue weighted by Crippen LogP contribution is 2.17. The van der Waals surface area contributed by atoms with Gasteiger partial charge in [0.1, 0.15) is 0 Å². The number of nitrogens with one attached hydrogen (secondary N) is 1. The number of amides is 1. The predicted octanol–water partition coefficient (Wildman–Crippen LogP) is 1.86. The van der Waals surface area contributed by atoms with E-state index < -0.39 is 0 Å². The molecule has 0 aliphatic rings. The molecule has 4 heteroatoms. The SMILES string of the molecule is CN(Cc1ccccc1CC(=O)NN)c1ccccc1. The third-order valence-electron chi connectivity index (χ3n) is 3.23. The molecule has 3 N–H and O–H groups in total. The molecule has 0 aromatic heterocycles. The lowest BCUT2D eigenvalue weighted by Crippen LogP contribution is -2.31. The number of hydrogen-bond acceptors (Lipinski definition) is 3. The number of hydrogen-bond donors (Lipinski definition) is 2. The lowest BCUT2D eigenvalue weighted by molar-refractivity contribution is -0.120. The second-order valence-corrected chi connectivity index (χ2v) is 4.70. The molecule has 0 heterocycles. The van der Waals surface area contributed by atoms with E-state index in [1.54, 1.807) is 0 Å². The molecule has 20 heavy (non-hydrogen) atoms. The van der Waals surface area contributed by atoms with Crippen LogP contribution in [0.2, 0.25) is 0 Å². The van der Waals surface area contributed by atoms with Crippen molar-refractivity contribution in [3.8, 4) is 0 Å². The maximum atomic E-state index is 11.4. The second kappa shape index (κ2) is 6.73. The van der Waals surface area contributed by atoms with Crippen LogP contribution in [0, 0.1) is 0 Å². The molecule has 0 aliphatic carbocycles. The fraction of sp³-hybridized carbons (Fsp3) is 0.188. The van der Waals surface area contributed by atoms with Crippen molar-refractivity contribution < 1.29 is 4.79 Å². The van der Waals surface area contributed by atoms with E-state index in [1.165, 1.54) is 0 Å². The van der Waals surface area contributed by atoms with Crippen LogP contribution >= 0.6 is 0 Å². The number of carbonyl (C=O) groups excluding carboxylic acids is 1.